The van der Waals surface area contributed by atoms with E-state index in [2.05, 4.69) is 15.5 Å². The molecular weight excluding hydrogens is 439 g/mol. The van der Waals surface area contributed by atoms with Crippen LogP contribution >= 0.6 is 11.6 Å². The van der Waals surface area contributed by atoms with Crippen LogP contribution in [0.3, 0.4) is 0 Å². The van der Waals surface area contributed by atoms with Crippen LogP contribution in [0.1, 0.15) is 23.2 Å². The second-order valence-electron chi connectivity index (χ2n) is 6.39. The van der Waals surface area contributed by atoms with Crippen LogP contribution in [0.4, 0.5) is 13.2 Å². The lowest BCUT2D eigenvalue weighted by molar-refractivity contribution is -0.189. The summed E-state index contributed by atoms with van der Waals surface area (Å²) in [4.78, 5) is 16.5. The first-order chi connectivity index (χ1) is 14.7. The molecule has 0 bridgehead atoms. The zero-order valence-corrected chi connectivity index (χ0v) is 17.1. The van der Waals surface area contributed by atoms with E-state index in [9.17, 15) is 18.0 Å². The van der Waals surface area contributed by atoms with Gasteiger partial charge in [-0.2, -0.15) is 13.2 Å². The van der Waals surface area contributed by atoms with Gasteiger partial charge in [-0.3, -0.25) is 4.79 Å². The highest BCUT2D eigenvalue weighted by Crippen LogP contribution is 2.34. The lowest BCUT2D eigenvalue weighted by atomic mass is 10.0. The Morgan fingerprint density at radius 3 is 2.58 bits per heavy atom. The molecule has 0 saturated heterocycles. The minimum atomic E-state index is -4.56. The summed E-state index contributed by atoms with van der Waals surface area (Å²) in [5.41, 5.74) is 0.739. The van der Waals surface area contributed by atoms with Crippen molar-refractivity contribution in [1.29, 1.82) is 0 Å². The zero-order chi connectivity index (χ0) is 22.6. The van der Waals surface area contributed by atoms with Crippen molar-refractivity contribution in [2.75, 3.05) is 7.11 Å². The molecule has 0 aliphatic carbocycles. The summed E-state index contributed by atoms with van der Waals surface area (Å²) in [5.74, 6) is -0.0839. The molecule has 1 N–H and O–H groups in total. The number of pyridine rings is 1. The molecule has 3 aromatic rings. The molecule has 1 amide bonds. The van der Waals surface area contributed by atoms with E-state index in [1.807, 2.05) is 0 Å². The van der Waals surface area contributed by atoms with Gasteiger partial charge in [-0.05, 0) is 35.8 Å². The van der Waals surface area contributed by atoms with Crippen LogP contribution in [-0.4, -0.2) is 35.4 Å². The largest absolute Gasteiger partial charge is 0.479 e. The predicted molar refractivity (Wildman–Crippen MR) is 105 cm³/mol. The van der Waals surface area contributed by atoms with Crippen molar-refractivity contribution in [1.82, 2.24) is 15.5 Å². The Balaban J connectivity index is 1.86. The summed E-state index contributed by atoms with van der Waals surface area (Å²) < 4.78 is 53.9. The molecule has 2 heterocycles. The first kappa shape index (κ1) is 22.4. The zero-order valence-electron chi connectivity index (χ0n) is 16.4. The number of halogens is 4. The molecule has 0 aliphatic heterocycles. The minimum Gasteiger partial charge on any atom is -0.479 e. The molecular formula is C20H17ClF3N3O4. The van der Waals surface area contributed by atoms with Gasteiger partial charge in [-0.1, -0.05) is 23.7 Å². The third kappa shape index (κ3) is 5.66. The number of amides is 1. The third-order valence-electron chi connectivity index (χ3n) is 4.19. The van der Waals surface area contributed by atoms with Crippen LogP contribution < -0.4 is 14.8 Å². The molecule has 1 atom stereocenters. The first-order valence-electron chi connectivity index (χ1n) is 8.94. The fraction of sp³-hybridized carbons (Fsp3) is 0.250. The second kappa shape index (κ2) is 9.25. The number of carbonyl (C=O) groups excluding carboxylic acids is 1. The molecule has 7 nitrogen and oxygen atoms in total. The number of nitrogens with zero attached hydrogens (tertiary/aromatic N) is 2. The summed E-state index contributed by atoms with van der Waals surface area (Å²) in [6.45, 7) is 0.897. The van der Waals surface area contributed by atoms with Gasteiger partial charge in [-0.15, -0.1) is 0 Å². The van der Waals surface area contributed by atoms with E-state index in [0.717, 1.165) is 13.1 Å². The molecule has 3 rings (SSSR count). The van der Waals surface area contributed by atoms with Crippen LogP contribution in [-0.2, 0) is 6.54 Å². The van der Waals surface area contributed by atoms with Crippen LogP contribution in [0.15, 0.2) is 47.1 Å². The van der Waals surface area contributed by atoms with Gasteiger partial charge < -0.3 is 19.3 Å². The van der Waals surface area contributed by atoms with Crippen molar-refractivity contribution >= 4 is 17.5 Å². The maximum absolute atomic E-state index is 13.0. The number of carbonyl (C=O) groups is 1. The molecule has 31 heavy (non-hydrogen) atoms. The molecule has 0 saturated carbocycles. The molecule has 2 aromatic heterocycles. The Kier molecular flexibility index (Phi) is 6.69. The van der Waals surface area contributed by atoms with Crippen LogP contribution in [0, 0.1) is 0 Å². The highest BCUT2D eigenvalue weighted by atomic mass is 35.5. The van der Waals surface area contributed by atoms with Crippen molar-refractivity contribution in [3.05, 3.63) is 59.1 Å². The van der Waals surface area contributed by atoms with Crippen LogP contribution in [0.5, 0.6) is 11.6 Å². The number of hydrogen-bond acceptors (Lipinski definition) is 6. The van der Waals surface area contributed by atoms with Gasteiger partial charge >= 0.3 is 6.18 Å². The Bertz CT molecular complexity index is 1050. The average molecular weight is 456 g/mol. The van der Waals surface area contributed by atoms with Gasteiger partial charge in [0.1, 0.15) is 11.4 Å². The quantitative estimate of drug-likeness (QED) is 0.557. The van der Waals surface area contributed by atoms with Crippen molar-refractivity contribution in [3.8, 4) is 22.8 Å². The summed E-state index contributed by atoms with van der Waals surface area (Å²) in [7, 11) is 1.42. The van der Waals surface area contributed by atoms with Gasteiger partial charge in [0.05, 0.1) is 19.9 Å². The fourth-order valence-electron chi connectivity index (χ4n) is 2.50. The Hall–Kier alpha value is -3.27. The third-order valence-corrected chi connectivity index (χ3v) is 4.44. The van der Waals surface area contributed by atoms with E-state index < -0.39 is 18.2 Å². The van der Waals surface area contributed by atoms with E-state index in [1.165, 1.54) is 19.2 Å². The SMILES string of the molecule is COc1cc(CNC(=O)c2cc(-c3ccc(Cl)cc3)c(O[C@@H](C)C(F)(F)F)cn2)on1. The van der Waals surface area contributed by atoms with E-state index in [1.54, 1.807) is 24.3 Å². The number of nitrogens with one attached hydrogen (secondary N) is 1. The molecule has 0 spiro atoms. The number of hydrogen-bond donors (Lipinski definition) is 1. The van der Waals surface area contributed by atoms with E-state index in [-0.39, 0.29) is 29.4 Å². The molecule has 1 aromatic carbocycles. The highest BCUT2D eigenvalue weighted by Gasteiger charge is 2.38. The Morgan fingerprint density at radius 1 is 1.26 bits per heavy atom. The number of benzene rings is 1. The lowest BCUT2D eigenvalue weighted by Crippen LogP contribution is -2.31. The van der Waals surface area contributed by atoms with Crippen molar-refractivity contribution in [3.63, 3.8) is 0 Å². The van der Waals surface area contributed by atoms with E-state index >= 15 is 0 Å². The summed E-state index contributed by atoms with van der Waals surface area (Å²) in [6.07, 6.45) is -5.55. The van der Waals surface area contributed by atoms with Crippen molar-refractivity contribution in [2.24, 2.45) is 0 Å². The van der Waals surface area contributed by atoms with E-state index in [0.29, 0.717) is 16.3 Å². The van der Waals surface area contributed by atoms with Gasteiger partial charge in [0.15, 0.2) is 11.9 Å². The monoisotopic (exact) mass is 455 g/mol. The fourth-order valence-corrected chi connectivity index (χ4v) is 2.63. The number of ether oxygens (including phenoxy) is 2. The maximum atomic E-state index is 13.0. The van der Waals surface area contributed by atoms with E-state index in [4.69, 9.17) is 25.6 Å². The smallest absolute Gasteiger partial charge is 0.425 e. The van der Waals surface area contributed by atoms with Gasteiger partial charge in [0.25, 0.3) is 11.8 Å². The predicted octanol–water partition coefficient (Wildman–Crippen LogP) is 4.66. The molecule has 0 radical (unpaired) electrons. The normalized spacial score (nSPS) is 12.3. The minimum absolute atomic E-state index is 0.0104. The topological polar surface area (TPSA) is 86.5 Å². The molecule has 11 heteroatoms. The number of methoxy groups -OCH3 is 1. The van der Waals surface area contributed by atoms with Crippen molar-refractivity contribution in [2.45, 2.75) is 25.7 Å². The van der Waals surface area contributed by atoms with Gasteiger partial charge in [0, 0.05) is 16.7 Å². The number of rotatable bonds is 7. The number of alkyl halides is 3. The summed E-state index contributed by atoms with van der Waals surface area (Å²) in [5, 5.41) is 6.66. The number of aromatic nitrogens is 2. The van der Waals surface area contributed by atoms with Crippen LogP contribution in [0.25, 0.3) is 11.1 Å². The summed E-state index contributed by atoms with van der Waals surface area (Å²) in [6, 6.07) is 9.20. The molecule has 0 unspecified atom stereocenters. The lowest BCUT2D eigenvalue weighted by Gasteiger charge is -2.20. The first-order valence-corrected chi connectivity index (χ1v) is 9.32. The second-order valence-corrected chi connectivity index (χ2v) is 6.83. The summed E-state index contributed by atoms with van der Waals surface area (Å²) >= 11 is 5.90. The molecule has 0 aliphatic rings. The molecule has 164 valence electrons. The highest BCUT2D eigenvalue weighted by molar-refractivity contribution is 6.30. The Labute approximate surface area is 180 Å². The Morgan fingerprint density at radius 2 is 1.97 bits per heavy atom. The average Bonchev–Trinajstić information content (AvgIpc) is 3.20. The maximum Gasteiger partial charge on any atom is 0.425 e. The standard InChI is InChI=1S/C20H17ClF3N3O4/c1-11(20(22,23)24)30-17-10-25-16(8-15(17)12-3-5-13(21)6-4-12)19(28)26-9-14-7-18(29-2)27-31-14/h3-8,10-11H,9H2,1-2H3,(H,26,28)/t11-/m0/s1. The van der Waals surface area contributed by atoms with Crippen molar-refractivity contribution < 1.29 is 32.0 Å². The van der Waals surface area contributed by atoms with Gasteiger partial charge in [0.2, 0.25) is 0 Å². The van der Waals surface area contributed by atoms with Crippen LogP contribution in [0.2, 0.25) is 5.02 Å². The molecule has 0 fully saturated rings. The van der Waals surface area contributed by atoms with Gasteiger partial charge in [-0.25, -0.2) is 4.98 Å².